The van der Waals surface area contributed by atoms with Crippen molar-refractivity contribution in [3.05, 3.63) is 76.1 Å². The second-order valence-corrected chi connectivity index (χ2v) is 9.09. The summed E-state index contributed by atoms with van der Waals surface area (Å²) >= 11 is 8.54. The van der Waals surface area contributed by atoms with Gasteiger partial charge in [-0.15, -0.1) is 21.5 Å². The molecule has 2 heterocycles. The van der Waals surface area contributed by atoms with Gasteiger partial charge in [0.05, 0.1) is 17.0 Å². The van der Waals surface area contributed by atoms with Crippen LogP contribution in [0.3, 0.4) is 0 Å². The van der Waals surface area contributed by atoms with Gasteiger partial charge in [0.1, 0.15) is 5.00 Å². The maximum absolute atomic E-state index is 12.5. The van der Waals surface area contributed by atoms with Crippen molar-refractivity contribution in [1.29, 1.82) is 0 Å². The van der Waals surface area contributed by atoms with Crippen LogP contribution in [0.25, 0.3) is 17.1 Å². The van der Waals surface area contributed by atoms with Crippen molar-refractivity contribution in [1.82, 2.24) is 14.8 Å². The minimum absolute atomic E-state index is 0.0841. The van der Waals surface area contributed by atoms with E-state index in [4.69, 9.17) is 17.3 Å². The molecule has 4 rings (SSSR count). The number of amides is 2. The van der Waals surface area contributed by atoms with Gasteiger partial charge in [-0.1, -0.05) is 41.6 Å². The molecule has 2 amide bonds. The van der Waals surface area contributed by atoms with Crippen molar-refractivity contribution < 1.29 is 9.59 Å². The van der Waals surface area contributed by atoms with Gasteiger partial charge in [0, 0.05) is 10.6 Å². The molecule has 7 nitrogen and oxygen atoms in total. The molecule has 162 valence electrons. The predicted molar refractivity (Wildman–Crippen MR) is 129 cm³/mol. The first-order chi connectivity index (χ1) is 15.4. The van der Waals surface area contributed by atoms with Gasteiger partial charge in [-0.25, -0.2) is 0 Å². The Bertz CT molecular complexity index is 1280. The lowest BCUT2D eigenvalue weighted by Crippen LogP contribution is -2.18. The molecular weight excluding hydrogens is 466 g/mol. The van der Waals surface area contributed by atoms with Gasteiger partial charge in [0.25, 0.3) is 5.91 Å². The molecule has 0 radical (unpaired) electrons. The first kappa shape index (κ1) is 22.1. The highest BCUT2D eigenvalue weighted by Crippen LogP contribution is 2.30. The Morgan fingerprint density at radius 3 is 2.59 bits per heavy atom. The topological polar surface area (TPSA) is 103 Å². The van der Waals surface area contributed by atoms with Crippen LogP contribution >= 0.6 is 34.7 Å². The summed E-state index contributed by atoms with van der Waals surface area (Å²) in [7, 11) is 0. The number of thiophene rings is 1. The predicted octanol–water partition coefficient (Wildman–Crippen LogP) is 4.79. The van der Waals surface area contributed by atoms with Gasteiger partial charge in [-0.3, -0.25) is 14.2 Å². The molecular formula is C22H18ClN5O2S2. The lowest BCUT2D eigenvalue weighted by atomic mass is 10.1. The van der Waals surface area contributed by atoms with E-state index >= 15 is 0 Å². The van der Waals surface area contributed by atoms with Crippen molar-refractivity contribution in [3.63, 3.8) is 0 Å². The van der Waals surface area contributed by atoms with Crippen molar-refractivity contribution in [2.45, 2.75) is 12.1 Å². The minimum atomic E-state index is -0.582. The number of nitrogens with one attached hydrogen (secondary N) is 1. The number of aromatic nitrogens is 3. The standard InChI is InChI=1S/C22H18ClN5O2S2/c1-13-4-2-3-5-17(13)28-20(14-6-8-15(23)9-7-14)26-27-22(28)32-12-18(29)25-21-16(19(24)30)10-11-31-21/h2-11H,12H2,1H3,(H2,24,30)(H,25,29). The molecule has 4 aromatic rings. The number of halogens is 1. The molecule has 3 N–H and O–H groups in total. The maximum Gasteiger partial charge on any atom is 0.251 e. The molecule has 2 aromatic carbocycles. The number of primary amides is 1. The van der Waals surface area contributed by atoms with Crippen molar-refractivity contribution in [3.8, 4) is 17.1 Å². The molecule has 0 saturated carbocycles. The van der Waals surface area contributed by atoms with Gasteiger partial charge in [-0.2, -0.15) is 0 Å². The fourth-order valence-electron chi connectivity index (χ4n) is 3.07. The number of benzene rings is 2. The number of rotatable bonds is 7. The number of thioether (sulfide) groups is 1. The van der Waals surface area contributed by atoms with E-state index < -0.39 is 5.91 Å². The number of aryl methyl sites for hydroxylation is 1. The van der Waals surface area contributed by atoms with E-state index in [1.807, 2.05) is 47.9 Å². The summed E-state index contributed by atoms with van der Waals surface area (Å²) in [4.78, 5) is 24.0. The third-order valence-corrected chi connectivity index (χ3v) is 6.62. The molecule has 0 spiro atoms. The fraction of sp³-hybridized carbons (Fsp3) is 0.0909. The van der Waals surface area contributed by atoms with Crippen LogP contribution in [-0.4, -0.2) is 32.3 Å². The fourth-order valence-corrected chi connectivity index (χ4v) is 4.75. The largest absolute Gasteiger partial charge is 0.366 e. The number of nitrogens with two attached hydrogens (primary N) is 1. The lowest BCUT2D eigenvalue weighted by molar-refractivity contribution is -0.113. The summed E-state index contributed by atoms with van der Waals surface area (Å²) in [5.41, 5.74) is 8.45. The van der Waals surface area contributed by atoms with Gasteiger partial charge >= 0.3 is 0 Å². The summed E-state index contributed by atoms with van der Waals surface area (Å²) in [6.07, 6.45) is 0. The normalized spacial score (nSPS) is 10.8. The number of carbonyl (C=O) groups is 2. The molecule has 0 saturated heterocycles. The highest BCUT2D eigenvalue weighted by Gasteiger charge is 2.19. The van der Waals surface area contributed by atoms with Crippen molar-refractivity contribution >= 4 is 51.5 Å². The third-order valence-electron chi connectivity index (χ3n) is 4.61. The van der Waals surface area contributed by atoms with E-state index in [2.05, 4.69) is 15.5 Å². The molecule has 10 heteroatoms. The Balaban J connectivity index is 1.62. The Labute approximate surface area is 197 Å². The molecule has 0 fully saturated rings. The summed E-state index contributed by atoms with van der Waals surface area (Å²) in [6.45, 7) is 2.00. The molecule has 0 aliphatic heterocycles. The second-order valence-electron chi connectivity index (χ2n) is 6.80. The second kappa shape index (κ2) is 9.56. The summed E-state index contributed by atoms with van der Waals surface area (Å²) in [5.74, 6) is -0.123. The number of hydrogen-bond acceptors (Lipinski definition) is 6. The highest BCUT2D eigenvalue weighted by atomic mass is 35.5. The molecule has 0 atom stereocenters. The first-order valence-electron chi connectivity index (χ1n) is 9.51. The number of para-hydroxylation sites is 1. The van der Waals surface area contributed by atoms with E-state index in [1.54, 1.807) is 23.6 Å². The molecule has 0 aliphatic carbocycles. The highest BCUT2D eigenvalue weighted by molar-refractivity contribution is 7.99. The number of carbonyl (C=O) groups excluding carboxylic acids is 2. The van der Waals surface area contributed by atoms with Gasteiger partial charge in [0.15, 0.2) is 11.0 Å². The molecule has 0 unspecified atom stereocenters. The first-order valence-corrected chi connectivity index (χ1v) is 11.8. The van der Waals surface area contributed by atoms with Crippen LogP contribution in [0.4, 0.5) is 5.00 Å². The van der Waals surface area contributed by atoms with Gasteiger partial charge < -0.3 is 11.1 Å². The molecule has 0 aliphatic rings. The number of hydrogen-bond donors (Lipinski definition) is 2. The van der Waals surface area contributed by atoms with Crippen LogP contribution in [0.2, 0.25) is 5.02 Å². The molecule has 0 bridgehead atoms. The Kier molecular flexibility index (Phi) is 6.59. The van der Waals surface area contributed by atoms with Crippen LogP contribution in [0, 0.1) is 6.92 Å². The SMILES string of the molecule is Cc1ccccc1-n1c(SCC(=O)Nc2sccc2C(N)=O)nnc1-c1ccc(Cl)cc1. The van der Waals surface area contributed by atoms with E-state index in [0.29, 0.717) is 26.6 Å². The van der Waals surface area contributed by atoms with Crippen molar-refractivity contribution in [2.24, 2.45) is 5.73 Å². The van der Waals surface area contributed by atoms with Crippen LogP contribution < -0.4 is 11.1 Å². The number of nitrogens with zero attached hydrogens (tertiary/aromatic N) is 3. The van der Waals surface area contributed by atoms with Crippen LogP contribution in [-0.2, 0) is 4.79 Å². The Morgan fingerprint density at radius 1 is 1.12 bits per heavy atom. The summed E-state index contributed by atoms with van der Waals surface area (Å²) in [6, 6.07) is 16.8. The molecule has 32 heavy (non-hydrogen) atoms. The Hall–Kier alpha value is -3.14. The smallest absolute Gasteiger partial charge is 0.251 e. The van der Waals surface area contributed by atoms with Crippen molar-refractivity contribution in [2.75, 3.05) is 11.1 Å². The summed E-state index contributed by atoms with van der Waals surface area (Å²) < 4.78 is 1.93. The Morgan fingerprint density at radius 2 is 1.88 bits per heavy atom. The van der Waals surface area contributed by atoms with Gasteiger partial charge in [0.2, 0.25) is 5.91 Å². The monoisotopic (exact) mass is 483 g/mol. The zero-order valence-electron chi connectivity index (χ0n) is 16.9. The van der Waals surface area contributed by atoms with Crippen LogP contribution in [0.15, 0.2) is 65.1 Å². The van der Waals surface area contributed by atoms with E-state index in [1.165, 1.54) is 23.1 Å². The van der Waals surface area contributed by atoms with Crippen LogP contribution in [0.5, 0.6) is 0 Å². The third kappa shape index (κ3) is 4.69. The zero-order chi connectivity index (χ0) is 22.7. The average Bonchev–Trinajstić information content (AvgIpc) is 3.40. The van der Waals surface area contributed by atoms with Crippen LogP contribution in [0.1, 0.15) is 15.9 Å². The van der Waals surface area contributed by atoms with E-state index in [9.17, 15) is 9.59 Å². The zero-order valence-corrected chi connectivity index (χ0v) is 19.3. The average molecular weight is 484 g/mol. The molecule has 2 aromatic heterocycles. The number of anilines is 1. The van der Waals surface area contributed by atoms with Gasteiger partial charge in [-0.05, 0) is 54.3 Å². The minimum Gasteiger partial charge on any atom is -0.366 e. The maximum atomic E-state index is 12.5. The quantitative estimate of drug-likeness (QED) is 0.368. The summed E-state index contributed by atoms with van der Waals surface area (Å²) in [5, 5.41) is 14.8. The lowest BCUT2D eigenvalue weighted by Gasteiger charge is -2.13. The van der Waals surface area contributed by atoms with E-state index in [-0.39, 0.29) is 11.7 Å². The van der Waals surface area contributed by atoms with E-state index in [0.717, 1.165) is 16.8 Å².